The number of carbonyl (C=O) groups excluding carboxylic acids is 1. The van der Waals surface area contributed by atoms with E-state index in [9.17, 15) is 9.18 Å². The van der Waals surface area contributed by atoms with E-state index in [-0.39, 0.29) is 5.82 Å². The monoisotopic (exact) mass is 329 g/mol. The number of halogens is 1. The minimum Gasteiger partial charge on any atom is -0.499 e. The number of ether oxygens (including phenoxy) is 1. The Hall–Kier alpha value is -2.49. The Morgan fingerprint density at radius 1 is 1.29 bits per heavy atom. The van der Waals surface area contributed by atoms with Crippen molar-refractivity contribution in [2.24, 2.45) is 4.99 Å². The molecule has 1 rings (SSSR count). The highest BCUT2D eigenvalue weighted by Gasteiger charge is 2.06. The van der Waals surface area contributed by atoms with Crippen molar-refractivity contribution in [2.45, 2.75) is 34.6 Å². The van der Waals surface area contributed by atoms with Gasteiger partial charge in [-0.05, 0) is 75.6 Å². The van der Waals surface area contributed by atoms with Gasteiger partial charge in [0.05, 0.1) is 12.4 Å². The fourth-order valence-electron chi connectivity index (χ4n) is 2.05. The number of nitrogens with zero attached hydrogens (tertiary/aromatic N) is 1. The molecule has 1 aromatic carbocycles. The maximum absolute atomic E-state index is 13.4. The van der Waals surface area contributed by atoms with E-state index in [0.717, 1.165) is 11.3 Å². The number of hydrogen-bond donors (Lipinski definition) is 0. The molecule has 0 radical (unpaired) electrons. The minimum absolute atomic E-state index is 0.265. The summed E-state index contributed by atoms with van der Waals surface area (Å²) in [7, 11) is 0. The Morgan fingerprint density at radius 3 is 2.58 bits per heavy atom. The van der Waals surface area contributed by atoms with Crippen LogP contribution in [-0.2, 0) is 9.53 Å². The van der Waals surface area contributed by atoms with Crippen LogP contribution >= 0.6 is 0 Å². The first-order valence-electron chi connectivity index (χ1n) is 7.84. The van der Waals surface area contributed by atoms with Crippen molar-refractivity contribution in [3.8, 4) is 0 Å². The molecule has 0 spiro atoms. The molecule has 0 unspecified atom stereocenters. The zero-order valence-electron chi connectivity index (χ0n) is 14.9. The molecular formula is C20H24FNO2. The van der Waals surface area contributed by atoms with E-state index in [2.05, 4.69) is 4.99 Å². The number of aliphatic imine (C=N–C) groups is 1. The smallest absolute Gasteiger partial charge is 0.168 e. The fourth-order valence-corrected chi connectivity index (χ4v) is 2.05. The molecule has 24 heavy (non-hydrogen) atoms. The number of carbonyl (C=O) groups is 1. The van der Waals surface area contributed by atoms with Crippen molar-refractivity contribution in [1.29, 1.82) is 0 Å². The van der Waals surface area contributed by atoms with Crippen LogP contribution in [0.3, 0.4) is 0 Å². The van der Waals surface area contributed by atoms with Crippen molar-refractivity contribution in [2.75, 3.05) is 6.61 Å². The average molecular weight is 329 g/mol. The largest absolute Gasteiger partial charge is 0.499 e. The second kappa shape index (κ2) is 9.60. The Labute approximate surface area is 143 Å². The summed E-state index contributed by atoms with van der Waals surface area (Å²) in [6.07, 6.45) is 6.18. The van der Waals surface area contributed by atoms with Gasteiger partial charge in [0.15, 0.2) is 6.29 Å². The van der Waals surface area contributed by atoms with E-state index in [0.29, 0.717) is 35.4 Å². The third-order valence-corrected chi connectivity index (χ3v) is 3.42. The summed E-state index contributed by atoms with van der Waals surface area (Å²) in [4.78, 5) is 15.7. The van der Waals surface area contributed by atoms with Crippen molar-refractivity contribution < 1.29 is 13.9 Å². The zero-order valence-corrected chi connectivity index (χ0v) is 14.9. The van der Waals surface area contributed by atoms with E-state index in [1.54, 1.807) is 32.1 Å². The number of aldehydes is 1. The maximum Gasteiger partial charge on any atom is 0.168 e. The summed E-state index contributed by atoms with van der Waals surface area (Å²) < 4.78 is 18.7. The van der Waals surface area contributed by atoms with Crippen molar-refractivity contribution >= 4 is 17.6 Å². The number of aryl methyl sites for hydroxylation is 1. The average Bonchev–Trinajstić information content (AvgIpc) is 2.54. The molecular weight excluding hydrogens is 305 g/mol. The van der Waals surface area contributed by atoms with Gasteiger partial charge in [0, 0.05) is 5.71 Å². The van der Waals surface area contributed by atoms with E-state index in [1.165, 1.54) is 6.07 Å². The molecule has 0 bridgehead atoms. The topological polar surface area (TPSA) is 38.7 Å². The second-order valence-corrected chi connectivity index (χ2v) is 5.41. The molecule has 0 heterocycles. The quantitative estimate of drug-likeness (QED) is 0.232. The predicted molar refractivity (Wildman–Crippen MR) is 97.4 cm³/mol. The molecule has 1 aromatic rings. The highest BCUT2D eigenvalue weighted by atomic mass is 19.1. The van der Waals surface area contributed by atoms with Gasteiger partial charge in [-0.15, -0.1) is 0 Å². The lowest BCUT2D eigenvalue weighted by Crippen LogP contribution is -1.94. The van der Waals surface area contributed by atoms with Crippen LogP contribution in [0.1, 0.15) is 38.8 Å². The van der Waals surface area contributed by atoms with Crippen molar-refractivity contribution in [1.82, 2.24) is 0 Å². The second-order valence-electron chi connectivity index (χ2n) is 5.41. The predicted octanol–water partition coefficient (Wildman–Crippen LogP) is 5.02. The Morgan fingerprint density at radius 2 is 2.00 bits per heavy atom. The van der Waals surface area contributed by atoms with E-state index in [1.807, 2.05) is 32.9 Å². The third kappa shape index (κ3) is 5.95. The molecule has 0 N–H and O–H groups in total. The van der Waals surface area contributed by atoms with Gasteiger partial charge in [-0.2, -0.15) is 0 Å². The summed E-state index contributed by atoms with van der Waals surface area (Å²) in [6.45, 7) is 9.73. The molecule has 4 heteroatoms. The fraction of sp³-hybridized carbons (Fsp3) is 0.300. The first-order chi connectivity index (χ1) is 11.4. The summed E-state index contributed by atoms with van der Waals surface area (Å²) in [5.74, 6) is 0.545. The summed E-state index contributed by atoms with van der Waals surface area (Å²) in [5, 5.41) is 0. The van der Waals surface area contributed by atoms with Crippen LogP contribution in [0.4, 0.5) is 4.39 Å². The van der Waals surface area contributed by atoms with Gasteiger partial charge in [0.1, 0.15) is 11.5 Å². The van der Waals surface area contributed by atoms with Gasteiger partial charge >= 0.3 is 0 Å². The van der Waals surface area contributed by atoms with Gasteiger partial charge in [-0.3, -0.25) is 9.79 Å². The number of allylic oxidation sites excluding steroid dienone is 6. The van der Waals surface area contributed by atoms with Gasteiger partial charge in [0.2, 0.25) is 0 Å². The summed E-state index contributed by atoms with van der Waals surface area (Å²) in [6, 6.07) is 4.76. The molecule has 0 fully saturated rings. The molecule has 0 aliphatic carbocycles. The van der Waals surface area contributed by atoms with Crippen LogP contribution in [0.2, 0.25) is 0 Å². The van der Waals surface area contributed by atoms with Crippen LogP contribution in [0.25, 0.3) is 5.57 Å². The Bertz CT molecular complexity index is 712. The first-order valence-corrected chi connectivity index (χ1v) is 7.84. The van der Waals surface area contributed by atoms with Crippen LogP contribution in [0, 0.1) is 12.7 Å². The maximum atomic E-state index is 13.4. The highest BCUT2D eigenvalue weighted by Crippen LogP contribution is 2.21. The molecule has 0 aliphatic rings. The van der Waals surface area contributed by atoms with Crippen molar-refractivity contribution in [3.05, 3.63) is 64.8 Å². The van der Waals surface area contributed by atoms with Crippen LogP contribution < -0.4 is 0 Å². The van der Waals surface area contributed by atoms with Gasteiger partial charge in [-0.25, -0.2) is 4.39 Å². The number of benzene rings is 1. The summed E-state index contributed by atoms with van der Waals surface area (Å²) >= 11 is 0. The van der Waals surface area contributed by atoms with E-state index >= 15 is 0 Å². The SMILES string of the molecule is CCO/C(C)=C/C=C\C(C)=N/C(C=O)=C(\C)c1ccc(F)c(C)c1. The zero-order chi connectivity index (χ0) is 18.1. The minimum atomic E-state index is -0.265. The molecule has 0 amide bonds. The van der Waals surface area contributed by atoms with Crippen molar-refractivity contribution in [3.63, 3.8) is 0 Å². The van der Waals surface area contributed by atoms with Crippen LogP contribution in [-0.4, -0.2) is 18.6 Å². The van der Waals surface area contributed by atoms with E-state index in [4.69, 9.17) is 4.74 Å². The summed E-state index contributed by atoms with van der Waals surface area (Å²) in [5.41, 5.74) is 3.05. The first kappa shape index (κ1) is 19.6. The van der Waals surface area contributed by atoms with Gasteiger partial charge in [-0.1, -0.05) is 12.1 Å². The third-order valence-electron chi connectivity index (χ3n) is 3.42. The van der Waals surface area contributed by atoms with Crippen LogP contribution in [0.5, 0.6) is 0 Å². The molecule has 0 saturated heterocycles. The van der Waals surface area contributed by atoms with Gasteiger partial charge < -0.3 is 4.74 Å². The molecule has 128 valence electrons. The lowest BCUT2D eigenvalue weighted by Gasteiger charge is -2.06. The standard InChI is InChI=1S/C20H24FNO2/c1-6-24-16(4)9-7-8-15(3)22-20(13-23)17(5)18-10-11-19(21)14(2)12-18/h7-13H,6H2,1-5H3/b8-7-,16-9+,20-17+,22-15-. The van der Waals surface area contributed by atoms with Gasteiger partial charge in [0.25, 0.3) is 0 Å². The molecule has 3 nitrogen and oxygen atoms in total. The molecule has 0 atom stereocenters. The lowest BCUT2D eigenvalue weighted by atomic mass is 10.0. The van der Waals surface area contributed by atoms with Crippen LogP contribution in [0.15, 0.2) is 52.9 Å². The lowest BCUT2D eigenvalue weighted by molar-refractivity contribution is -0.104. The molecule has 0 aromatic heterocycles. The normalized spacial score (nSPS) is 13.9. The number of rotatable bonds is 7. The Balaban J connectivity index is 3.06. The molecule has 0 saturated carbocycles. The van der Waals surface area contributed by atoms with E-state index < -0.39 is 0 Å². The highest BCUT2D eigenvalue weighted by molar-refractivity contribution is 5.98. The molecule has 0 aliphatic heterocycles. The Kier molecular flexibility index (Phi) is 7.83. The number of hydrogen-bond acceptors (Lipinski definition) is 3.